The first-order chi connectivity index (χ1) is 8.19. The number of hydrogen-bond donors (Lipinski definition) is 0. The quantitative estimate of drug-likeness (QED) is 0.709. The molecule has 0 bridgehead atoms. The molecule has 0 saturated carbocycles. The Balaban J connectivity index is 2.41. The van der Waals surface area contributed by atoms with Gasteiger partial charge in [-0.1, -0.05) is 40.5 Å². The summed E-state index contributed by atoms with van der Waals surface area (Å²) in [4.78, 5) is 2.56. The second-order valence-electron chi connectivity index (χ2n) is 4.77. The van der Waals surface area contributed by atoms with Gasteiger partial charge in [0, 0.05) is 33.7 Å². The highest BCUT2D eigenvalue weighted by molar-refractivity contribution is 9.08. The molecule has 17 heavy (non-hydrogen) atoms. The smallest absolute Gasteiger partial charge is 0.0467 e. The van der Waals surface area contributed by atoms with Gasteiger partial charge in [-0.25, -0.2) is 0 Å². The lowest BCUT2D eigenvalue weighted by Crippen LogP contribution is -2.34. The lowest BCUT2D eigenvalue weighted by atomic mass is 10.1. The molecule has 1 aromatic carbocycles. The molecule has 1 heterocycles. The third kappa shape index (κ3) is 2.48. The van der Waals surface area contributed by atoms with Crippen LogP contribution in [0.2, 0.25) is 5.02 Å². The Morgan fingerprint density at radius 1 is 1.41 bits per heavy atom. The van der Waals surface area contributed by atoms with E-state index in [1.54, 1.807) is 0 Å². The molecular weight excluding hydrogens is 298 g/mol. The summed E-state index contributed by atoms with van der Waals surface area (Å²) in [5.41, 5.74) is 2.53. The van der Waals surface area contributed by atoms with Gasteiger partial charge in [-0.15, -0.1) is 0 Å². The van der Waals surface area contributed by atoms with Gasteiger partial charge in [0.2, 0.25) is 0 Å². The van der Waals surface area contributed by atoms with E-state index >= 15 is 0 Å². The highest BCUT2D eigenvalue weighted by Crippen LogP contribution is 2.37. The second kappa shape index (κ2) is 5.62. The van der Waals surface area contributed by atoms with Crippen LogP contribution in [-0.2, 0) is 5.33 Å². The van der Waals surface area contributed by atoms with Crippen LogP contribution in [0, 0.1) is 0 Å². The van der Waals surface area contributed by atoms with Gasteiger partial charge in [0.1, 0.15) is 0 Å². The summed E-state index contributed by atoms with van der Waals surface area (Å²) in [6, 6.07) is 7.52. The van der Waals surface area contributed by atoms with Gasteiger partial charge in [-0.05, 0) is 38.3 Å². The van der Waals surface area contributed by atoms with E-state index in [0.717, 1.165) is 10.4 Å². The first-order valence-corrected chi connectivity index (χ1v) is 7.80. The average Bonchev–Trinajstić information content (AvgIpc) is 2.70. The third-order valence-electron chi connectivity index (χ3n) is 3.76. The molecule has 0 N–H and O–H groups in total. The van der Waals surface area contributed by atoms with Crippen molar-refractivity contribution in [2.75, 3.05) is 4.90 Å². The molecule has 1 aliphatic rings. The number of hydrogen-bond acceptors (Lipinski definition) is 1. The summed E-state index contributed by atoms with van der Waals surface area (Å²) in [6.45, 7) is 4.59. The normalized spacial score (nSPS) is 24.4. The van der Waals surface area contributed by atoms with Crippen LogP contribution in [0.25, 0.3) is 0 Å². The molecule has 0 radical (unpaired) electrons. The van der Waals surface area contributed by atoms with Crippen molar-refractivity contribution in [3.63, 3.8) is 0 Å². The largest absolute Gasteiger partial charge is 0.366 e. The summed E-state index contributed by atoms with van der Waals surface area (Å²) in [7, 11) is 0. The zero-order chi connectivity index (χ0) is 12.4. The molecule has 2 atom stereocenters. The van der Waals surface area contributed by atoms with E-state index < -0.39 is 0 Å². The topological polar surface area (TPSA) is 3.24 Å². The second-order valence-corrected chi connectivity index (χ2v) is 5.73. The minimum atomic E-state index is 0.621. The summed E-state index contributed by atoms with van der Waals surface area (Å²) in [5, 5.41) is 1.69. The van der Waals surface area contributed by atoms with Crippen molar-refractivity contribution in [1.82, 2.24) is 0 Å². The molecule has 0 amide bonds. The van der Waals surface area contributed by atoms with Crippen LogP contribution >= 0.6 is 27.5 Å². The number of rotatable bonds is 3. The van der Waals surface area contributed by atoms with Gasteiger partial charge in [0.05, 0.1) is 0 Å². The Hall–Kier alpha value is -0.210. The fourth-order valence-corrected chi connectivity index (χ4v) is 3.82. The van der Waals surface area contributed by atoms with Gasteiger partial charge < -0.3 is 4.90 Å². The first-order valence-electron chi connectivity index (χ1n) is 6.30. The van der Waals surface area contributed by atoms with Gasteiger partial charge in [0.15, 0.2) is 0 Å². The fourth-order valence-electron chi connectivity index (χ4n) is 2.83. The molecule has 1 saturated heterocycles. The molecule has 2 rings (SSSR count). The maximum atomic E-state index is 6.29. The first kappa shape index (κ1) is 13.2. The SMILES string of the molecule is CCC1CCC(C)N1c1cccc(Cl)c1CBr. The van der Waals surface area contributed by atoms with Crippen LogP contribution in [0.3, 0.4) is 0 Å². The Kier molecular flexibility index (Phi) is 4.37. The number of halogens is 2. The van der Waals surface area contributed by atoms with Gasteiger partial charge >= 0.3 is 0 Å². The molecule has 1 aliphatic heterocycles. The van der Waals surface area contributed by atoms with Crippen LogP contribution in [-0.4, -0.2) is 12.1 Å². The van der Waals surface area contributed by atoms with E-state index in [-0.39, 0.29) is 0 Å². The number of alkyl halides is 1. The van der Waals surface area contributed by atoms with Crippen molar-refractivity contribution in [1.29, 1.82) is 0 Å². The zero-order valence-electron chi connectivity index (χ0n) is 10.4. The molecule has 0 aliphatic carbocycles. The molecule has 1 fully saturated rings. The van der Waals surface area contributed by atoms with Gasteiger partial charge in [-0.2, -0.15) is 0 Å². The van der Waals surface area contributed by atoms with Crippen molar-refractivity contribution < 1.29 is 0 Å². The van der Waals surface area contributed by atoms with E-state index in [2.05, 4.69) is 46.8 Å². The Labute approximate surface area is 117 Å². The lowest BCUT2D eigenvalue weighted by molar-refractivity contribution is 0.626. The summed E-state index contributed by atoms with van der Waals surface area (Å²) >= 11 is 9.85. The average molecular weight is 317 g/mol. The summed E-state index contributed by atoms with van der Waals surface area (Å²) in [6.07, 6.45) is 3.79. The van der Waals surface area contributed by atoms with Crippen LogP contribution in [0.5, 0.6) is 0 Å². The minimum absolute atomic E-state index is 0.621. The number of anilines is 1. The molecule has 0 spiro atoms. The highest BCUT2D eigenvalue weighted by Gasteiger charge is 2.30. The van der Waals surface area contributed by atoms with E-state index in [9.17, 15) is 0 Å². The van der Waals surface area contributed by atoms with Crippen LogP contribution in [0.15, 0.2) is 18.2 Å². The molecular formula is C14H19BrClN. The Morgan fingerprint density at radius 3 is 2.82 bits per heavy atom. The van der Waals surface area contributed by atoms with Crippen LogP contribution in [0.1, 0.15) is 38.7 Å². The zero-order valence-corrected chi connectivity index (χ0v) is 12.8. The molecule has 3 heteroatoms. The maximum Gasteiger partial charge on any atom is 0.0467 e. The standard InChI is InChI=1S/C14H19BrClN/c1-3-11-8-7-10(2)17(11)14-6-4-5-13(16)12(14)9-15/h4-6,10-11H,3,7-9H2,1-2H3. The van der Waals surface area contributed by atoms with Gasteiger partial charge in [0.25, 0.3) is 0 Å². The van der Waals surface area contributed by atoms with Crippen LogP contribution < -0.4 is 4.90 Å². The number of benzene rings is 1. The van der Waals surface area contributed by atoms with E-state index in [1.807, 2.05) is 6.07 Å². The molecule has 94 valence electrons. The fraction of sp³-hybridized carbons (Fsp3) is 0.571. The van der Waals surface area contributed by atoms with Crippen molar-refractivity contribution in [2.45, 2.75) is 50.5 Å². The lowest BCUT2D eigenvalue weighted by Gasteiger charge is -2.32. The van der Waals surface area contributed by atoms with Crippen molar-refractivity contribution in [3.05, 3.63) is 28.8 Å². The summed E-state index contributed by atoms with van der Waals surface area (Å²) < 4.78 is 0. The third-order valence-corrected chi connectivity index (χ3v) is 4.68. The molecule has 0 aromatic heterocycles. The predicted octanol–water partition coefficient (Wildman–Crippen LogP) is 5.00. The maximum absolute atomic E-state index is 6.29. The van der Waals surface area contributed by atoms with Crippen molar-refractivity contribution >= 4 is 33.2 Å². The summed E-state index contributed by atoms with van der Waals surface area (Å²) in [5.74, 6) is 0. The predicted molar refractivity (Wildman–Crippen MR) is 79.3 cm³/mol. The van der Waals surface area contributed by atoms with Crippen LogP contribution in [0.4, 0.5) is 5.69 Å². The number of nitrogens with zero attached hydrogens (tertiary/aromatic N) is 1. The van der Waals surface area contributed by atoms with E-state index in [0.29, 0.717) is 12.1 Å². The molecule has 1 nitrogen and oxygen atoms in total. The highest BCUT2D eigenvalue weighted by atomic mass is 79.9. The minimum Gasteiger partial charge on any atom is -0.366 e. The Morgan fingerprint density at radius 2 is 2.18 bits per heavy atom. The van der Waals surface area contributed by atoms with Gasteiger partial charge in [-0.3, -0.25) is 0 Å². The monoisotopic (exact) mass is 315 g/mol. The molecule has 2 unspecified atom stereocenters. The Bertz CT molecular complexity index is 394. The van der Waals surface area contributed by atoms with Crippen molar-refractivity contribution in [3.8, 4) is 0 Å². The van der Waals surface area contributed by atoms with E-state index in [4.69, 9.17) is 11.6 Å². The molecule has 1 aromatic rings. The van der Waals surface area contributed by atoms with Crippen molar-refractivity contribution in [2.24, 2.45) is 0 Å². The van der Waals surface area contributed by atoms with E-state index in [1.165, 1.54) is 30.5 Å².